The highest BCUT2D eigenvalue weighted by Gasteiger charge is 2.22. The molecule has 0 spiro atoms. The molecule has 2 unspecified atom stereocenters. The van der Waals surface area contributed by atoms with Crippen molar-refractivity contribution >= 4 is 0 Å². The Morgan fingerprint density at radius 3 is 3.14 bits per heavy atom. The fourth-order valence-corrected chi connectivity index (χ4v) is 2.21. The molecule has 1 fully saturated rings. The average molecular weight is 194 g/mol. The highest BCUT2D eigenvalue weighted by Crippen LogP contribution is 2.27. The minimum absolute atomic E-state index is 0.685. The highest BCUT2D eigenvalue weighted by atomic mass is 16.5. The molecule has 0 amide bonds. The van der Waals surface area contributed by atoms with Crippen LogP contribution in [0.15, 0.2) is 16.8 Å². The third-order valence-corrected chi connectivity index (χ3v) is 3.17. The number of nitrogens with zero attached hydrogens (tertiary/aromatic N) is 1. The second-order valence-corrected chi connectivity index (χ2v) is 4.14. The van der Waals surface area contributed by atoms with Crippen LogP contribution >= 0.6 is 0 Å². The lowest BCUT2D eigenvalue weighted by Crippen LogP contribution is -2.25. The standard InChI is InChI=1S/C11H18N2O/c1-2-9-3-4-10(7-9)12-8-11-5-6-13-14-11/h5-6,9-10,12H,2-4,7-8H2,1H3. The van der Waals surface area contributed by atoms with Crippen molar-refractivity contribution in [1.29, 1.82) is 0 Å². The second-order valence-electron chi connectivity index (χ2n) is 4.14. The van der Waals surface area contributed by atoms with Crippen molar-refractivity contribution in [2.45, 2.75) is 45.2 Å². The van der Waals surface area contributed by atoms with E-state index < -0.39 is 0 Å². The van der Waals surface area contributed by atoms with Crippen LogP contribution in [-0.4, -0.2) is 11.2 Å². The molecule has 3 nitrogen and oxygen atoms in total. The molecule has 1 saturated carbocycles. The van der Waals surface area contributed by atoms with Crippen LogP contribution in [0.4, 0.5) is 0 Å². The number of nitrogens with one attached hydrogen (secondary N) is 1. The predicted molar refractivity (Wildman–Crippen MR) is 54.8 cm³/mol. The maximum absolute atomic E-state index is 5.03. The van der Waals surface area contributed by atoms with Crippen LogP contribution < -0.4 is 5.32 Å². The molecule has 1 N–H and O–H groups in total. The zero-order valence-electron chi connectivity index (χ0n) is 8.70. The van der Waals surface area contributed by atoms with Crippen molar-refractivity contribution in [3.8, 4) is 0 Å². The molecule has 0 saturated heterocycles. The van der Waals surface area contributed by atoms with Crippen molar-refractivity contribution in [2.75, 3.05) is 0 Å². The molecule has 78 valence electrons. The molecule has 2 rings (SSSR count). The van der Waals surface area contributed by atoms with Gasteiger partial charge in [-0.3, -0.25) is 0 Å². The summed E-state index contributed by atoms with van der Waals surface area (Å²) in [4.78, 5) is 0. The molecule has 0 aliphatic heterocycles. The molecule has 1 heterocycles. The molecular weight excluding hydrogens is 176 g/mol. The lowest BCUT2D eigenvalue weighted by Gasteiger charge is -2.10. The van der Waals surface area contributed by atoms with Crippen LogP contribution in [0.1, 0.15) is 38.4 Å². The smallest absolute Gasteiger partial charge is 0.150 e. The van der Waals surface area contributed by atoms with Gasteiger partial charge in [0, 0.05) is 12.1 Å². The van der Waals surface area contributed by atoms with Gasteiger partial charge in [-0.25, -0.2) is 0 Å². The third kappa shape index (κ3) is 2.35. The number of rotatable bonds is 4. The maximum Gasteiger partial charge on any atom is 0.150 e. The molecule has 1 aliphatic carbocycles. The Morgan fingerprint density at radius 2 is 2.50 bits per heavy atom. The molecule has 0 radical (unpaired) electrons. The van der Waals surface area contributed by atoms with E-state index in [2.05, 4.69) is 17.4 Å². The number of hydrogen-bond acceptors (Lipinski definition) is 3. The quantitative estimate of drug-likeness (QED) is 0.799. The first kappa shape index (κ1) is 9.71. The largest absolute Gasteiger partial charge is 0.360 e. The van der Waals surface area contributed by atoms with Gasteiger partial charge in [0.2, 0.25) is 0 Å². The maximum atomic E-state index is 5.03. The van der Waals surface area contributed by atoms with Gasteiger partial charge in [-0.1, -0.05) is 18.5 Å². The minimum Gasteiger partial charge on any atom is -0.360 e. The molecule has 1 aromatic rings. The number of hydrogen-bond donors (Lipinski definition) is 1. The van der Waals surface area contributed by atoms with Crippen LogP contribution in [0.25, 0.3) is 0 Å². The molecular formula is C11H18N2O. The molecule has 1 aromatic heterocycles. The van der Waals surface area contributed by atoms with Crippen molar-refractivity contribution < 1.29 is 4.52 Å². The van der Waals surface area contributed by atoms with Crippen LogP contribution in [0, 0.1) is 5.92 Å². The number of aromatic nitrogens is 1. The van der Waals surface area contributed by atoms with E-state index in [1.54, 1.807) is 6.20 Å². The summed E-state index contributed by atoms with van der Waals surface area (Å²) in [6.07, 6.45) is 7.03. The van der Waals surface area contributed by atoms with Crippen LogP contribution in [-0.2, 0) is 6.54 Å². The summed E-state index contributed by atoms with van der Waals surface area (Å²) >= 11 is 0. The Bertz CT molecular complexity index is 258. The fourth-order valence-electron chi connectivity index (χ4n) is 2.21. The SMILES string of the molecule is CCC1CCC(NCc2ccno2)C1. The van der Waals surface area contributed by atoms with Crippen LogP contribution in [0.2, 0.25) is 0 Å². The molecule has 14 heavy (non-hydrogen) atoms. The van der Waals surface area contributed by atoms with Gasteiger partial charge in [0.25, 0.3) is 0 Å². The van der Waals surface area contributed by atoms with Gasteiger partial charge in [-0.2, -0.15) is 0 Å². The summed E-state index contributed by atoms with van der Waals surface area (Å²) < 4.78 is 5.03. The first-order valence-corrected chi connectivity index (χ1v) is 5.51. The Morgan fingerprint density at radius 1 is 1.57 bits per heavy atom. The van der Waals surface area contributed by atoms with E-state index in [1.807, 2.05) is 6.07 Å². The fraction of sp³-hybridized carbons (Fsp3) is 0.727. The Kier molecular flexibility index (Phi) is 3.19. The molecule has 0 bridgehead atoms. The van der Waals surface area contributed by atoms with E-state index in [0.29, 0.717) is 6.04 Å². The minimum atomic E-state index is 0.685. The molecule has 0 aromatic carbocycles. The van der Waals surface area contributed by atoms with Gasteiger partial charge < -0.3 is 9.84 Å². The van der Waals surface area contributed by atoms with Crippen molar-refractivity contribution in [3.05, 3.63) is 18.0 Å². The highest BCUT2D eigenvalue weighted by molar-refractivity contribution is 4.93. The lowest BCUT2D eigenvalue weighted by molar-refractivity contribution is 0.360. The van der Waals surface area contributed by atoms with Crippen molar-refractivity contribution in [2.24, 2.45) is 5.92 Å². The molecule has 3 heteroatoms. The summed E-state index contributed by atoms with van der Waals surface area (Å²) in [5, 5.41) is 7.20. The van der Waals surface area contributed by atoms with Crippen LogP contribution in [0.5, 0.6) is 0 Å². The first-order valence-electron chi connectivity index (χ1n) is 5.51. The predicted octanol–water partition coefficient (Wildman–Crippen LogP) is 2.34. The topological polar surface area (TPSA) is 38.1 Å². The Labute approximate surface area is 84.9 Å². The van der Waals surface area contributed by atoms with Gasteiger partial charge in [-0.15, -0.1) is 0 Å². The normalized spacial score (nSPS) is 26.9. The van der Waals surface area contributed by atoms with Gasteiger partial charge in [0.1, 0.15) is 5.76 Å². The lowest BCUT2D eigenvalue weighted by atomic mass is 10.1. The summed E-state index contributed by atoms with van der Waals surface area (Å²) in [5.74, 6) is 1.87. The van der Waals surface area contributed by atoms with E-state index in [4.69, 9.17) is 4.52 Å². The monoisotopic (exact) mass is 194 g/mol. The Balaban J connectivity index is 1.72. The zero-order valence-corrected chi connectivity index (χ0v) is 8.70. The van der Waals surface area contributed by atoms with Gasteiger partial charge in [0.05, 0.1) is 12.7 Å². The van der Waals surface area contributed by atoms with Gasteiger partial charge in [-0.05, 0) is 25.2 Å². The Hall–Kier alpha value is -0.830. The van der Waals surface area contributed by atoms with E-state index in [1.165, 1.54) is 25.7 Å². The van der Waals surface area contributed by atoms with Gasteiger partial charge in [0.15, 0.2) is 0 Å². The third-order valence-electron chi connectivity index (χ3n) is 3.17. The van der Waals surface area contributed by atoms with E-state index in [9.17, 15) is 0 Å². The first-order chi connectivity index (χ1) is 6.88. The van der Waals surface area contributed by atoms with E-state index >= 15 is 0 Å². The second kappa shape index (κ2) is 4.60. The molecule has 2 atom stereocenters. The van der Waals surface area contributed by atoms with E-state index in [-0.39, 0.29) is 0 Å². The summed E-state index contributed by atoms with van der Waals surface area (Å²) in [6, 6.07) is 2.60. The zero-order chi connectivity index (χ0) is 9.80. The van der Waals surface area contributed by atoms with E-state index in [0.717, 1.165) is 18.2 Å². The average Bonchev–Trinajstić information content (AvgIpc) is 2.86. The van der Waals surface area contributed by atoms with Crippen molar-refractivity contribution in [1.82, 2.24) is 10.5 Å². The van der Waals surface area contributed by atoms with Crippen LogP contribution in [0.3, 0.4) is 0 Å². The summed E-state index contributed by atoms with van der Waals surface area (Å²) in [7, 11) is 0. The summed E-state index contributed by atoms with van der Waals surface area (Å²) in [5.41, 5.74) is 0. The summed E-state index contributed by atoms with van der Waals surface area (Å²) in [6.45, 7) is 3.10. The molecule has 1 aliphatic rings. The van der Waals surface area contributed by atoms with Gasteiger partial charge >= 0.3 is 0 Å². The van der Waals surface area contributed by atoms with Crippen molar-refractivity contribution in [3.63, 3.8) is 0 Å².